The molecule has 1 saturated heterocycles. The maximum atomic E-state index is 13.6. The number of hydrogen-bond acceptors (Lipinski definition) is 6. The van der Waals surface area contributed by atoms with E-state index >= 15 is 0 Å². The molecule has 2 unspecified atom stereocenters. The van der Waals surface area contributed by atoms with Crippen molar-refractivity contribution in [3.8, 4) is 0 Å². The molecule has 7 heteroatoms. The molecule has 33 heavy (non-hydrogen) atoms. The summed E-state index contributed by atoms with van der Waals surface area (Å²) in [4.78, 5) is 2.36. The summed E-state index contributed by atoms with van der Waals surface area (Å²) in [5.74, 6) is 1.71. The molecule has 2 aliphatic carbocycles. The second kappa shape index (κ2) is 11.2. The SMILES string of the molecule is Fc1cccc(C2CCC(OCC3CN(c4cccnn4)CCC3NSC3CCC3)CC2)c1. The Balaban J connectivity index is 1.15. The van der Waals surface area contributed by atoms with Gasteiger partial charge in [-0.15, -0.1) is 5.10 Å². The Morgan fingerprint density at radius 1 is 1.06 bits per heavy atom. The van der Waals surface area contributed by atoms with Crippen LogP contribution in [-0.2, 0) is 4.74 Å². The van der Waals surface area contributed by atoms with E-state index in [0.717, 1.165) is 68.4 Å². The van der Waals surface area contributed by atoms with E-state index in [1.54, 1.807) is 12.3 Å². The third-order valence-electron chi connectivity index (χ3n) is 7.59. The summed E-state index contributed by atoms with van der Waals surface area (Å²) in [7, 11) is 0. The molecule has 0 amide bonds. The van der Waals surface area contributed by atoms with Gasteiger partial charge in [0.15, 0.2) is 5.82 Å². The molecule has 3 aliphatic rings. The van der Waals surface area contributed by atoms with Gasteiger partial charge in [-0.3, -0.25) is 4.72 Å². The Hall–Kier alpha value is -1.70. The van der Waals surface area contributed by atoms with Gasteiger partial charge in [-0.1, -0.05) is 30.5 Å². The Labute approximate surface area is 201 Å². The highest BCUT2D eigenvalue weighted by molar-refractivity contribution is 7.98. The first-order valence-electron chi connectivity index (χ1n) is 12.6. The van der Waals surface area contributed by atoms with E-state index in [1.165, 1.54) is 25.3 Å². The highest BCUT2D eigenvalue weighted by Gasteiger charge is 2.33. The van der Waals surface area contributed by atoms with Crippen LogP contribution in [0.15, 0.2) is 42.6 Å². The molecule has 0 bridgehead atoms. The Morgan fingerprint density at radius 3 is 2.67 bits per heavy atom. The molecule has 2 aromatic rings. The number of rotatable bonds is 8. The summed E-state index contributed by atoms with van der Waals surface area (Å²) in [5.41, 5.74) is 1.14. The molecule has 1 aliphatic heterocycles. The van der Waals surface area contributed by atoms with Crippen LogP contribution in [0.1, 0.15) is 62.8 Å². The molecule has 1 aromatic carbocycles. The average molecular weight is 471 g/mol. The third kappa shape index (κ3) is 6.06. The molecular formula is C26H35FN4OS. The molecule has 2 saturated carbocycles. The Bertz CT molecular complexity index is 876. The van der Waals surface area contributed by atoms with Gasteiger partial charge in [-0.2, -0.15) is 5.10 Å². The van der Waals surface area contributed by atoms with E-state index in [1.807, 2.05) is 24.1 Å². The van der Waals surface area contributed by atoms with E-state index < -0.39 is 0 Å². The zero-order chi connectivity index (χ0) is 22.5. The largest absolute Gasteiger partial charge is 0.378 e. The van der Waals surface area contributed by atoms with Crippen LogP contribution in [-0.4, -0.2) is 47.3 Å². The fourth-order valence-electron chi connectivity index (χ4n) is 5.28. The molecule has 178 valence electrons. The molecule has 0 spiro atoms. The fraction of sp³-hybridized carbons (Fsp3) is 0.615. The van der Waals surface area contributed by atoms with Crippen LogP contribution in [0.5, 0.6) is 0 Å². The summed E-state index contributed by atoms with van der Waals surface area (Å²) >= 11 is 1.95. The van der Waals surface area contributed by atoms with Crippen molar-refractivity contribution in [2.75, 3.05) is 24.6 Å². The smallest absolute Gasteiger partial charge is 0.151 e. The Kier molecular flexibility index (Phi) is 7.79. The quantitative estimate of drug-likeness (QED) is 0.525. The maximum absolute atomic E-state index is 13.6. The van der Waals surface area contributed by atoms with Crippen molar-refractivity contribution in [3.63, 3.8) is 0 Å². The molecule has 2 atom stereocenters. The van der Waals surface area contributed by atoms with Crippen LogP contribution in [0.25, 0.3) is 0 Å². The summed E-state index contributed by atoms with van der Waals surface area (Å²) in [6.45, 7) is 2.71. The minimum Gasteiger partial charge on any atom is -0.378 e. The number of aromatic nitrogens is 2. The van der Waals surface area contributed by atoms with Gasteiger partial charge in [0.1, 0.15) is 5.82 Å². The van der Waals surface area contributed by atoms with Crippen molar-refractivity contribution in [1.82, 2.24) is 14.9 Å². The van der Waals surface area contributed by atoms with Crippen LogP contribution in [0.3, 0.4) is 0 Å². The van der Waals surface area contributed by atoms with Crippen LogP contribution >= 0.6 is 11.9 Å². The first kappa shape index (κ1) is 23.1. The first-order valence-corrected chi connectivity index (χ1v) is 13.4. The summed E-state index contributed by atoms with van der Waals surface area (Å²) in [5, 5.41) is 9.19. The molecule has 1 N–H and O–H groups in total. The van der Waals surface area contributed by atoms with Crippen LogP contribution in [0, 0.1) is 11.7 Å². The topological polar surface area (TPSA) is 50.3 Å². The van der Waals surface area contributed by atoms with Gasteiger partial charge < -0.3 is 9.64 Å². The number of anilines is 1. The lowest BCUT2D eigenvalue weighted by molar-refractivity contribution is -0.00201. The van der Waals surface area contributed by atoms with Crippen LogP contribution in [0.4, 0.5) is 10.2 Å². The summed E-state index contributed by atoms with van der Waals surface area (Å²) < 4.78 is 23.9. The zero-order valence-corrected chi connectivity index (χ0v) is 20.1. The molecule has 1 aromatic heterocycles. The number of halogens is 1. The zero-order valence-electron chi connectivity index (χ0n) is 19.2. The number of piperidine rings is 1. The van der Waals surface area contributed by atoms with E-state index in [2.05, 4.69) is 32.0 Å². The van der Waals surface area contributed by atoms with Crippen LogP contribution < -0.4 is 9.62 Å². The Morgan fingerprint density at radius 2 is 1.94 bits per heavy atom. The molecule has 0 radical (unpaired) electrons. The molecule has 3 fully saturated rings. The number of ether oxygens (including phenoxy) is 1. The second-order valence-electron chi connectivity index (χ2n) is 9.83. The number of hydrogen-bond donors (Lipinski definition) is 1. The van der Waals surface area contributed by atoms with Crippen molar-refractivity contribution >= 4 is 17.8 Å². The first-order chi connectivity index (χ1) is 16.2. The van der Waals surface area contributed by atoms with Gasteiger partial charge >= 0.3 is 0 Å². The van der Waals surface area contributed by atoms with Gasteiger partial charge in [-0.25, -0.2) is 4.39 Å². The van der Waals surface area contributed by atoms with Crippen molar-refractivity contribution in [2.45, 2.75) is 74.7 Å². The van der Waals surface area contributed by atoms with Gasteiger partial charge in [0.25, 0.3) is 0 Å². The normalized spacial score (nSPS) is 28.5. The highest BCUT2D eigenvalue weighted by Crippen LogP contribution is 2.35. The van der Waals surface area contributed by atoms with Crippen molar-refractivity contribution < 1.29 is 9.13 Å². The summed E-state index contributed by atoms with van der Waals surface area (Å²) in [6.07, 6.45) is 11.4. The number of nitrogens with one attached hydrogen (secondary N) is 1. The van der Waals surface area contributed by atoms with Crippen molar-refractivity contribution in [3.05, 3.63) is 54.0 Å². The molecule has 5 nitrogen and oxygen atoms in total. The molecular weight excluding hydrogens is 435 g/mol. The lowest BCUT2D eigenvalue weighted by Crippen LogP contribution is -2.50. The highest BCUT2D eigenvalue weighted by atomic mass is 32.2. The monoisotopic (exact) mass is 470 g/mol. The standard InChI is InChI=1S/C26H35FN4OS/c27-22-5-1-4-20(16-22)19-9-11-23(12-10-19)32-18-21-17-31(26-8-3-14-28-29-26)15-13-25(21)30-33-24-6-2-7-24/h1,3-5,8,14,16,19,21,23-25,30H,2,6-7,9-13,15,17-18H2. The van der Waals surface area contributed by atoms with Gasteiger partial charge in [0.05, 0.1) is 12.7 Å². The van der Waals surface area contributed by atoms with Crippen LogP contribution in [0.2, 0.25) is 0 Å². The molecule has 2 heterocycles. The second-order valence-corrected chi connectivity index (χ2v) is 11.0. The minimum atomic E-state index is -0.130. The number of nitrogens with zero attached hydrogens (tertiary/aromatic N) is 3. The predicted molar refractivity (Wildman–Crippen MR) is 132 cm³/mol. The van der Waals surface area contributed by atoms with Crippen molar-refractivity contribution in [1.29, 1.82) is 0 Å². The lowest BCUT2D eigenvalue weighted by atomic mass is 9.82. The van der Waals surface area contributed by atoms with Crippen molar-refractivity contribution in [2.24, 2.45) is 5.92 Å². The van der Waals surface area contributed by atoms with E-state index in [9.17, 15) is 4.39 Å². The van der Waals surface area contributed by atoms with E-state index in [-0.39, 0.29) is 5.82 Å². The lowest BCUT2D eigenvalue weighted by Gasteiger charge is -2.41. The van der Waals surface area contributed by atoms with Gasteiger partial charge in [-0.05, 0) is 80.7 Å². The fourth-order valence-corrected chi connectivity index (χ4v) is 6.53. The van der Waals surface area contributed by atoms with E-state index in [0.29, 0.717) is 24.0 Å². The number of benzene rings is 1. The molecule has 5 rings (SSSR count). The summed E-state index contributed by atoms with van der Waals surface area (Å²) in [6, 6.07) is 11.6. The maximum Gasteiger partial charge on any atom is 0.151 e. The third-order valence-corrected chi connectivity index (χ3v) is 8.84. The minimum absolute atomic E-state index is 0.130. The average Bonchev–Trinajstić information content (AvgIpc) is 2.83. The van der Waals surface area contributed by atoms with Gasteiger partial charge in [0.2, 0.25) is 0 Å². The predicted octanol–water partition coefficient (Wildman–Crippen LogP) is 5.34. The van der Waals surface area contributed by atoms with E-state index in [4.69, 9.17) is 4.74 Å². The van der Waals surface area contributed by atoms with Gasteiger partial charge in [0, 0.05) is 36.5 Å².